The van der Waals surface area contributed by atoms with Gasteiger partial charge in [0, 0.05) is 19.1 Å². The molecule has 0 aliphatic heterocycles. The van der Waals surface area contributed by atoms with Crippen molar-refractivity contribution >= 4 is 0 Å². The highest BCUT2D eigenvalue weighted by atomic mass is 16.3. The lowest BCUT2D eigenvalue weighted by molar-refractivity contribution is 0.103. The fourth-order valence-corrected chi connectivity index (χ4v) is 2.45. The van der Waals surface area contributed by atoms with Gasteiger partial charge in [-0.05, 0) is 31.6 Å². The van der Waals surface area contributed by atoms with Gasteiger partial charge in [0.15, 0.2) is 0 Å². The van der Waals surface area contributed by atoms with Crippen LogP contribution in [0.3, 0.4) is 0 Å². The summed E-state index contributed by atoms with van der Waals surface area (Å²) in [6, 6.07) is 0. The van der Waals surface area contributed by atoms with Gasteiger partial charge in [-0.3, -0.25) is 4.68 Å². The molecule has 1 saturated carbocycles. The summed E-state index contributed by atoms with van der Waals surface area (Å²) >= 11 is 0. The predicted octanol–water partition coefficient (Wildman–Crippen LogP) is 0.846. The lowest BCUT2D eigenvalue weighted by Gasteiger charge is -2.39. The number of rotatable bonds is 4. The number of aliphatic hydroxyl groups excluding tert-OH is 1. The SMILES string of the molecule is CC1CCC(CO)(NCc2cnnn2C)CC1. The fourth-order valence-electron chi connectivity index (χ4n) is 2.45. The molecule has 17 heavy (non-hydrogen) atoms. The van der Waals surface area contributed by atoms with Crippen molar-refractivity contribution < 1.29 is 5.11 Å². The monoisotopic (exact) mass is 238 g/mol. The maximum atomic E-state index is 9.63. The van der Waals surface area contributed by atoms with Crippen LogP contribution in [0.15, 0.2) is 6.20 Å². The maximum absolute atomic E-state index is 9.63. The third-order valence-electron chi connectivity index (χ3n) is 3.99. The van der Waals surface area contributed by atoms with Gasteiger partial charge in [-0.2, -0.15) is 0 Å². The van der Waals surface area contributed by atoms with E-state index in [0.717, 1.165) is 31.0 Å². The third kappa shape index (κ3) is 2.84. The Morgan fingerprint density at radius 3 is 2.76 bits per heavy atom. The van der Waals surface area contributed by atoms with Crippen molar-refractivity contribution in [1.29, 1.82) is 0 Å². The van der Waals surface area contributed by atoms with Crippen molar-refractivity contribution in [3.8, 4) is 0 Å². The number of aryl methyl sites for hydroxylation is 1. The van der Waals surface area contributed by atoms with Crippen LogP contribution in [0.4, 0.5) is 0 Å². The number of aliphatic hydroxyl groups is 1. The number of hydrogen-bond acceptors (Lipinski definition) is 4. The van der Waals surface area contributed by atoms with Crippen LogP contribution in [0.25, 0.3) is 0 Å². The van der Waals surface area contributed by atoms with Crippen LogP contribution in [0.2, 0.25) is 0 Å². The summed E-state index contributed by atoms with van der Waals surface area (Å²) in [4.78, 5) is 0. The molecule has 5 nitrogen and oxygen atoms in total. The molecule has 0 spiro atoms. The average Bonchev–Trinajstić information content (AvgIpc) is 2.75. The molecule has 0 saturated heterocycles. The zero-order chi connectivity index (χ0) is 12.3. The second-order valence-electron chi connectivity index (χ2n) is 5.32. The van der Waals surface area contributed by atoms with Crippen molar-refractivity contribution in [3.05, 3.63) is 11.9 Å². The molecule has 1 heterocycles. The Morgan fingerprint density at radius 1 is 1.53 bits per heavy atom. The summed E-state index contributed by atoms with van der Waals surface area (Å²) in [6.45, 7) is 3.22. The quantitative estimate of drug-likeness (QED) is 0.816. The first-order valence-electron chi connectivity index (χ1n) is 6.35. The van der Waals surface area contributed by atoms with Crippen molar-refractivity contribution in [2.24, 2.45) is 13.0 Å². The molecule has 1 aromatic rings. The van der Waals surface area contributed by atoms with E-state index in [4.69, 9.17) is 0 Å². The van der Waals surface area contributed by atoms with E-state index in [0.29, 0.717) is 0 Å². The first-order valence-corrected chi connectivity index (χ1v) is 6.35. The zero-order valence-electron chi connectivity index (χ0n) is 10.7. The number of hydrogen-bond donors (Lipinski definition) is 2. The van der Waals surface area contributed by atoms with E-state index in [-0.39, 0.29) is 12.1 Å². The fraction of sp³-hybridized carbons (Fsp3) is 0.833. The molecule has 0 bridgehead atoms. The third-order valence-corrected chi connectivity index (χ3v) is 3.99. The zero-order valence-corrected chi connectivity index (χ0v) is 10.7. The van der Waals surface area contributed by atoms with Crippen LogP contribution in [0.1, 0.15) is 38.3 Å². The number of nitrogens with one attached hydrogen (secondary N) is 1. The minimum Gasteiger partial charge on any atom is -0.394 e. The smallest absolute Gasteiger partial charge is 0.0738 e. The van der Waals surface area contributed by atoms with Gasteiger partial charge >= 0.3 is 0 Å². The van der Waals surface area contributed by atoms with Crippen LogP contribution in [-0.2, 0) is 13.6 Å². The highest BCUT2D eigenvalue weighted by Crippen LogP contribution is 2.31. The molecular weight excluding hydrogens is 216 g/mol. The molecule has 1 fully saturated rings. The maximum Gasteiger partial charge on any atom is 0.0738 e. The van der Waals surface area contributed by atoms with Crippen LogP contribution < -0.4 is 5.32 Å². The molecule has 2 N–H and O–H groups in total. The minimum atomic E-state index is -0.100. The van der Waals surface area contributed by atoms with Crippen molar-refractivity contribution in [1.82, 2.24) is 20.3 Å². The van der Waals surface area contributed by atoms with Gasteiger partial charge in [-0.15, -0.1) is 5.10 Å². The Kier molecular flexibility index (Phi) is 3.79. The van der Waals surface area contributed by atoms with Gasteiger partial charge in [0.25, 0.3) is 0 Å². The highest BCUT2D eigenvalue weighted by Gasteiger charge is 2.33. The van der Waals surface area contributed by atoms with Crippen LogP contribution in [-0.4, -0.2) is 32.2 Å². The normalized spacial score (nSPS) is 29.5. The molecule has 1 aliphatic rings. The molecule has 0 amide bonds. The molecule has 2 rings (SSSR count). The van der Waals surface area contributed by atoms with E-state index in [2.05, 4.69) is 22.6 Å². The molecule has 1 aromatic heterocycles. The van der Waals surface area contributed by atoms with E-state index in [9.17, 15) is 5.11 Å². The van der Waals surface area contributed by atoms with Crippen molar-refractivity contribution in [2.45, 2.75) is 44.7 Å². The van der Waals surface area contributed by atoms with Gasteiger partial charge in [-0.25, -0.2) is 0 Å². The summed E-state index contributed by atoms with van der Waals surface area (Å²) in [7, 11) is 1.89. The highest BCUT2D eigenvalue weighted by molar-refractivity contribution is 4.98. The molecule has 0 radical (unpaired) electrons. The van der Waals surface area contributed by atoms with Crippen LogP contribution >= 0.6 is 0 Å². The van der Waals surface area contributed by atoms with E-state index >= 15 is 0 Å². The molecule has 96 valence electrons. The van der Waals surface area contributed by atoms with Crippen molar-refractivity contribution in [2.75, 3.05) is 6.61 Å². The molecule has 5 heteroatoms. The Bertz CT molecular complexity index is 355. The van der Waals surface area contributed by atoms with E-state index in [1.54, 1.807) is 10.9 Å². The van der Waals surface area contributed by atoms with Gasteiger partial charge < -0.3 is 10.4 Å². The van der Waals surface area contributed by atoms with E-state index in [1.807, 2.05) is 7.05 Å². The van der Waals surface area contributed by atoms with Gasteiger partial charge in [0.2, 0.25) is 0 Å². The van der Waals surface area contributed by atoms with Gasteiger partial charge in [-0.1, -0.05) is 12.1 Å². The second-order valence-corrected chi connectivity index (χ2v) is 5.32. The Hall–Kier alpha value is -0.940. The Labute approximate surface area is 102 Å². The lowest BCUT2D eigenvalue weighted by Crippen LogP contribution is -2.50. The van der Waals surface area contributed by atoms with Gasteiger partial charge in [0.05, 0.1) is 18.5 Å². The topological polar surface area (TPSA) is 63.0 Å². The predicted molar refractivity (Wildman–Crippen MR) is 65.3 cm³/mol. The lowest BCUT2D eigenvalue weighted by atomic mass is 9.77. The molecular formula is C12H22N4O. The summed E-state index contributed by atoms with van der Waals surface area (Å²) in [6.07, 6.45) is 6.25. The van der Waals surface area contributed by atoms with Crippen molar-refractivity contribution in [3.63, 3.8) is 0 Å². The Balaban J connectivity index is 1.94. The molecule has 0 atom stereocenters. The Morgan fingerprint density at radius 2 is 2.24 bits per heavy atom. The largest absolute Gasteiger partial charge is 0.394 e. The van der Waals surface area contributed by atoms with Gasteiger partial charge in [0.1, 0.15) is 0 Å². The molecule has 1 aliphatic carbocycles. The number of aromatic nitrogens is 3. The van der Waals surface area contributed by atoms with E-state index in [1.165, 1.54) is 12.8 Å². The summed E-state index contributed by atoms with van der Waals surface area (Å²) in [5.41, 5.74) is 0.952. The summed E-state index contributed by atoms with van der Waals surface area (Å²) in [5, 5.41) is 20.9. The second kappa shape index (κ2) is 5.14. The average molecular weight is 238 g/mol. The van der Waals surface area contributed by atoms with E-state index < -0.39 is 0 Å². The summed E-state index contributed by atoms with van der Waals surface area (Å²) < 4.78 is 1.77. The number of nitrogens with zero attached hydrogens (tertiary/aromatic N) is 3. The first kappa shape index (κ1) is 12.5. The molecule has 0 aromatic carbocycles. The summed E-state index contributed by atoms with van der Waals surface area (Å²) in [5.74, 6) is 0.787. The van der Waals surface area contributed by atoms with Crippen LogP contribution in [0, 0.1) is 5.92 Å². The first-order chi connectivity index (χ1) is 8.15. The molecule has 0 unspecified atom stereocenters. The van der Waals surface area contributed by atoms with Crippen LogP contribution in [0.5, 0.6) is 0 Å². The minimum absolute atomic E-state index is 0.100. The standard InChI is InChI=1S/C12H22N4O/c1-10-3-5-12(9-17,6-4-10)13-7-11-8-14-15-16(11)2/h8,10,13,17H,3-7,9H2,1-2H3.